The van der Waals surface area contributed by atoms with Gasteiger partial charge in [-0.2, -0.15) is 0 Å². The molecule has 3 aromatic carbocycles. The average Bonchev–Trinajstić information content (AvgIpc) is 2.89. The van der Waals surface area contributed by atoms with E-state index in [1.807, 2.05) is 0 Å². The number of likely N-dealkylation sites (N-methyl/N-ethyl adjacent to an activating group) is 1. The standard InChI is InChI=1S/C26H27ClFN3O4S/c1-3-24(26(33)29-2)30(17-19-9-7-8-12-23(19)27)25(32)18-31(21-15-13-20(28)14-16-21)36(34,35)22-10-5-4-6-11-22/h4-16,24H,3,17-18H2,1-2H3,(H,29,33)/t24-/m1/s1. The first-order chi connectivity index (χ1) is 17.2. The predicted molar refractivity (Wildman–Crippen MR) is 138 cm³/mol. The van der Waals surface area contributed by atoms with Gasteiger partial charge in [-0.25, -0.2) is 12.8 Å². The Bertz CT molecular complexity index is 1300. The van der Waals surface area contributed by atoms with Crippen molar-refractivity contribution in [2.75, 3.05) is 17.9 Å². The van der Waals surface area contributed by atoms with Crippen LogP contribution >= 0.6 is 11.6 Å². The zero-order valence-corrected chi connectivity index (χ0v) is 21.5. The molecule has 0 saturated heterocycles. The van der Waals surface area contributed by atoms with Crippen molar-refractivity contribution in [3.63, 3.8) is 0 Å². The van der Waals surface area contributed by atoms with Crippen LogP contribution in [0.1, 0.15) is 18.9 Å². The van der Waals surface area contributed by atoms with Crippen LogP contribution in [-0.4, -0.2) is 44.8 Å². The third-order valence-corrected chi connectivity index (χ3v) is 7.81. The average molecular weight is 532 g/mol. The Morgan fingerprint density at radius 2 is 1.58 bits per heavy atom. The maximum Gasteiger partial charge on any atom is 0.264 e. The van der Waals surface area contributed by atoms with Gasteiger partial charge in [0, 0.05) is 18.6 Å². The number of anilines is 1. The molecule has 7 nitrogen and oxygen atoms in total. The minimum Gasteiger partial charge on any atom is -0.357 e. The quantitative estimate of drug-likeness (QED) is 0.424. The van der Waals surface area contributed by atoms with Gasteiger partial charge in [0.15, 0.2) is 0 Å². The van der Waals surface area contributed by atoms with Crippen LogP contribution in [0.3, 0.4) is 0 Å². The van der Waals surface area contributed by atoms with Gasteiger partial charge < -0.3 is 10.2 Å². The number of carbonyl (C=O) groups is 2. The summed E-state index contributed by atoms with van der Waals surface area (Å²) in [6.07, 6.45) is 0.290. The summed E-state index contributed by atoms with van der Waals surface area (Å²) < 4.78 is 41.7. The highest BCUT2D eigenvalue weighted by atomic mass is 35.5. The second-order valence-electron chi connectivity index (χ2n) is 7.95. The molecule has 0 aromatic heterocycles. The van der Waals surface area contributed by atoms with E-state index in [1.165, 1.54) is 36.2 Å². The summed E-state index contributed by atoms with van der Waals surface area (Å²) in [7, 11) is -2.73. The predicted octanol–water partition coefficient (Wildman–Crippen LogP) is 4.23. The smallest absolute Gasteiger partial charge is 0.264 e. The molecule has 0 radical (unpaired) electrons. The highest BCUT2D eigenvalue weighted by Gasteiger charge is 2.33. The fourth-order valence-corrected chi connectivity index (χ4v) is 5.38. The summed E-state index contributed by atoms with van der Waals surface area (Å²) >= 11 is 6.32. The van der Waals surface area contributed by atoms with Crippen LogP contribution in [0, 0.1) is 5.82 Å². The Balaban J connectivity index is 2.05. The highest BCUT2D eigenvalue weighted by Crippen LogP contribution is 2.26. The number of sulfonamides is 1. The monoisotopic (exact) mass is 531 g/mol. The lowest BCUT2D eigenvalue weighted by Crippen LogP contribution is -2.51. The molecule has 0 aliphatic carbocycles. The molecular weight excluding hydrogens is 505 g/mol. The summed E-state index contributed by atoms with van der Waals surface area (Å²) in [6, 6.07) is 18.5. The summed E-state index contributed by atoms with van der Waals surface area (Å²) in [6.45, 7) is 1.14. The molecule has 0 aliphatic heterocycles. The topological polar surface area (TPSA) is 86.8 Å². The molecule has 36 heavy (non-hydrogen) atoms. The first-order valence-electron chi connectivity index (χ1n) is 11.3. The minimum atomic E-state index is -4.20. The fraction of sp³-hybridized carbons (Fsp3) is 0.231. The number of hydrogen-bond acceptors (Lipinski definition) is 4. The second-order valence-corrected chi connectivity index (χ2v) is 10.2. The van der Waals surface area contributed by atoms with Gasteiger partial charge in [0.2, 0.25) is 11.8 Å². The molecule has 1 atom stereocenters. The number of nitrogens with one attached hydrogen (secondary N) is 1. The molecule has 0 bridgehead atoms. The maximum absolute atomic E-state index is 13.7. The highest BCUT2D eigenvalue weighted by molar-refractivity contribution is 7.92. The van der Waals surface area contributed by atoms with Gasteiger partial charge in [-0.3, -0.25) is 13.9 Å². The lowest BCUT2D eigenvalue weighted by atomic mass is 10.1. The number of carbonyl (C=O) groups excluding carboxylic acids is 2. The number of amides is 2. The molecule has 0 fully saturated rings. The van der Waals surface area contributed by atoms with Crippen molar-refractivity contribution in [2.45, 2.75) is 30.8 Å². The molecule has 2 amide bonds. The number of hydrogen-bond donors (Lipinski definition) is 1. The van der Waals surface area contributed by atoms with Crippen LogP contribution in [0.5, 0.6) is 0 Å². The van der Waals surface area contributed by atoms with Crippen molar-refractivity contribution >= 4 is 39.1 Å². The Morgan fingerprint density at radius 1 is 0.972 bits per heavy atom. The second kappa shape index (κ2) is 12.0. The molecule has 0 spiro atoms. The van der Waals surface area contributed by atoms with Crippen LogP contribution < -0.4 is 9.62 Å². The Labute approximate surface area is 215 Å². The molecule has 0 aliphatic rings. The lowest BCUT2D eigenvalue weighted by molar-refractivity contribution is -0.140. The number of benzene rings is 3. The van der Waals surface area contributed by atoms with E-state index >= 15 is 0 Å². The van der Waals surface area contributed by atoms with Gasteiger partial charge in [-0.15, -0.1) is 0 Å². The summed E-state index contributed by atoms with van der Waals surface area (Å²) in [5.41, 5.74) is 0.716. The third-order valence-electron chi connectivity index (χ3n) is 5.66. The van der Waals surface area contributed by atoms with Gasteiger partial charge >= 0.3 is 0 Å². The normalized spacial score (nSPS) is 12.0. The molecular formula is C26H27ClFN3O4S. The number of nitrogens with zero attached hydrogens (tertiary/aromatic N) is 2. The van der Waals surface area contributed by atoms with E-state index in [9.17, 15) is 22.4 Å². The fourth-order valence-electron chi connectivity index (χ4n) is 3.75. The van der Waals surface area contributed by atoms with Crippen LogP contribution in [0.25, 0.3) is 0 Å². The van der Waals surface area contributed by atoms with E-state index in [2.05, 4.69) is 5.32 Å². The van der Waals surface area contributed by atoms with Crippen LogP contribution in [0.2, 0.25) is 5.02 Å². The molecule has 0 saturated carbocycles. The van der Waals surface area contributed by atoms with Gasteiger partial charge in [0.05, 0.1) is 10.6 Å². The zero-order valence-electron chi connectivity index (χ0n) is 19.9. The van der Waals surface area contributed by atoms with Gasteiger partial charge in [0.25, 0.3) is 10.0 Å². The van der Waals surface area contributed by atoms with E-state index in [1.54, 1.807) is 49.4 Å². The molecule has 0 heterocycles. The molecule has 190 valence electrons. The molecule has 3 aromatic rings. The Kier molecular flexibility index (Phi) is 9.06. The van der Waals surface area contributed by atoms with Gasteiger partial charge in [-0.05, 0) is 54.4 Å². The van der Waals surface area contributed by atoms with Crippen molar-refractivity contribution < 1.29 is 22.4 Å². The van der Waals surface area contributed by atoms with E-state index in [0.29, 0.717) is 10.6 Å². The molecule has 1 N–H and O–H groups in total. The van der Waals surface area contributed by atoms with Crippen LogP contribution in [0.4, 0.5) is 10.1 Å². The van der Waals surface area contributed by atoms with Crippen LogP contribution in [-0.2, 0) is 26.2 Å². The van der Waals surface area contributed by atoms with E-state index in [-0.39, 0.29) is 23.5 Å². The van der Waals surface area contributed by atoms with Crippen molar-refractivity contribution in [1.82, 2.24) is 10.2 Å². The Hall–Kier alpha value is -3.43. The first kappa shape index (κ1) is 27.2. The Morgan fingerprint density at radius 3 is 2.17 bits per heavy atom. The van der Waals surface area contributed by atoms with Crippen molar-refractivity contribution in [2.24, 2.45) is 0 Å². The number of rotatable bonds is 10. The summed E-state index contributed by atoms with van der Waals surface area (Å²) in [5, 5.41) is 2.97. The summed E-state index contributed by atoms with van der Waals surface area (Å²) in [5.74, 6) is -1.56. The first-order valence-corrected chi connectivity index (χ1v) is 13.1. The third kappa shape index (κ3) is 6.22. The van der Waals surface area contributed by atoms with E-state index in [4.69, 9.17) is 11.6 Å². The molecule has 10 heteroatoms. The zero-order chi connectivity index (χ0) is 26.3. The maximum atomic E-state index is 13.7. The lowest BCUT2D eigenvalue weighted by Gasteiger charge is -2.33. The number of halogens is 2. The SMILES string of the molecule is CC[C@H](C(=O)NC)N(Cc1ccccc1Cl)C(=O)CN(c1ccc(F)cc1)S(=O)(=O)c1ccccc1. The molecule has 0 unspecified atom stereocenters. The van der Waals surface area contributed by atoms with Gasteiger partial charge in [-0.1, -0.05) is 54.9 Å². The minimum absolute atomic E-state index is 0.00687. The van der Waals surface area contributed by atoms with E-state index < -0.39 is 40.2 Å². The van der Waals surface area contributed by atoms with E-state index in [0.717, 1.165) is 16.4 Å². The van der Waals surface area contributed by atoms with Crippen LogP contribution in [0.15, 0.2) is 83.8 Å². The largest absolute Gasteiger partial charge is 0.357 e. The van der Waals surface area contributed by atoms with Gasteiger partial charge in [0.1, 0.15) is 18.4 Å². The van der Waals surface area contributed by atoms with Crippen molar-refractivity contribution in [1.29, 1.82) is 0 Å². The summed E-state index contributed by atoms with van der Waals surface area (Å²) in [4.78, 5) is 27.7. The molecule has 3 rings (SSSR count). The van der Waals surface area contributed by atoms with Crippen molar-refractivity contribution in [3.05, 3.63) is 95.3 Å². The van der Waals surface area contributed by atoms with Crippen molar-refractivity contribution in [3.8, 4) is 0 Å².